The van der Waals surface area contributed by atoms with E-state index in [0.717, 1.165) is 0 Å². The first-order valence-corrected chi connectivity index (χ1v) is 3.12. The van der Waals surface area contributed by atoms with Crippen molar-refractivity contribution in [2.75, 3.05) is 5.75 Å². The minimum atomic E-state index is -0.568. The summed E-state index contributed by atoms with van der Waals surface area (Å²) in [4.78, 5) is 20.4. The van der Waals surface area contributed by atoms with Crippen LogP contribution in [0.1, 0.15) is 13.3 Å². The van der Waals surface area contributed by atoms with Gasteiger partial charge in [0.1, 0.15) is 0 Å². The molecule has 3 nitrogen and oxygen atoms in total. The third-order valence-electron chi connectivity index (χ3n) is 0.573. The molecule has 0 N–H and O–H groups in total. The van der Waals surface area contributed by atoms with Gasteiger partial charge in [-0.15, -0.1) is 0 Å². The van der Waals surface area contributed by atoms with Crippen molar-refractivity contribution in [3.05, 3.63) is 0 Å². The number of carbonyl (C=O) groups is 2. The van der Waals surface area contributed by atoms with Gasteiger partial charge in [-0.25, -0.2) is 0 Å². The normalized spacial score (nSPS) is 8.67. The zero-order valence-corrected chi connectivity index (χ0v) is 5.98. The Morgan fingerprint density at radius 2 is 2.11 bits per heavy atom. The van der Waals surface area contributed by atoms with Crippen molar-refractivity contribution in [2.45, 2.75) is 13.3 Å². The van der Waals surface area contributed by atoms with Gasteiger partial charge in [-0.2, -0.15) is 12.6 Å². The second-order valence-corrected chi connectivity index (χ2v) is 1.89. The summed E-state index contributed by atoms with van der Waals surface area (Å²) in [5, 5.41) is 0. The number of hydrogen-bond donors (Lipinski definition) is 1. The highest BCUT2D eigenvalue weighted by Crippen LogP contribution is 1.88. The Bertz CT molecular complexity index is 121. The predicted molar refractivity (Wildman–Crippen MR) is 35.2 cm³/mol. The van der Waals surface area contributed by atoms with Crippen LogP contribution in [0.5, 0.6) is 0 Å². The molecule has 4 heteroatoms. The van der Waals surface area contributed by atoms with Crippen molar-refractivity contribution in [1.29, 1.82) is 0 Å². The summed E-state index contributed by atoms with van der Waals surface area (Å²) >= 11 is 3.77. The molecule has 0 aliphatic heterocycles. The zero-order chi connectivity index (χ0) is 7.28. The van der Waals surface area contributed by atoms with Gasteiger partial charge in [-0.1, -0.05) is 0 Å². The number of hydrogen-bond acceptors (Lipinski definition) is 4. The summed E-state index contributed by atoms with van der Waals surface area (Å²) in [5.41, 5.74) is 0. The highest BCUT2D eigenvalue weighted by molar-refractivity contribution is 7.80. The fourth-order valence-electron chi connectivity index (χ4n) is 0.303. The van der Waals surface area contributed by atoms with Gasteiger partial charge in [0.2, 0.25) is 0 Å². The maximum atomic E-state index is 10.4. The fraction of sp³-hybridized carbons (Fsp3) is 0.600. The summed E-state index contributed by atoms with van der Waals surface area (Å²) in [7, 11) is 0. The van der Waals surface area contributed by atoms with E-state index in [4.69, 9.17) is 0 Å². The van der Waals surface area contributed by atoms with E-state index in [2.05, 4.69) is 17.4 Å². The van der Waals surface area contributed by atoms with Crippen LogP contribution in [0, 0.1) is 0 Å². The first kappa shape index (κ1) is 8.49. The molecule has 0 spiro atoms. The van der Waals surface area contributed by atoms with Crippen LogP contribution in [0.3, 0.4) is 0 Å². The lowest BCUT2D eigenvalue weighted by Gasteiger charge is -1.94. The van der Waals surface area contributed by atoms with Gasteiger partial charge in [0, 0.05) is 12.7 Å². The number of rotatable bonds is 2. The molecule has 0 radical (unpaired) electrons. The van der Waals surface area contributed by atoms with Crippen molar-refractivity contribution >= 4 is 24.6 Å². The molecule has 0 aromatic rings. The van der Waals surface area contributed by atoms with Gasteiger partial charge in [0.25, 0.3) is 0 Å². The molecule has 9 heavy (non-hydrogen) atoms. The Morgan fingerprint density at radius 1 is 1.56 bits per heavy atom. The molecule has 0 bridgehead atoms. The Balaban J connectivity index is 3.39. The molecule has 0 rings (SSSR count). The van der Waals surface area contributed by atoms with Gasteiger partial charge < -0.3 is 4.74 Å². The maximum Gasteiger partial charge on any atom is 0.314 e. The summed E-state index contributed by atoms with van der Waals surface area (Å²) in [6.07, 6.45) is 0.183. The first-order chi connectivity index (χ1) is 4.16. The van der Waals surface area contributed by atoms with Gasteiger partial charge in [0.05, 0.1) is 6.42 Å². The van der Waals surface area contributed by atoms with Crippen molar-refractivity contribution in [3.63, 3.8) is 0 Å². The number of carbonyl (C=O) groups excluding carboxylic acids is 2. The Labute approximate surface area is 58.8 Å². The summed E-state index contributed by atoms with van der Waals surface area (Å²) < 4.78 is 4.16. The summed E-state index contributed by atoms with van der Waals surface area (Å²) in [5.74, 6) is -0.675. The van der Waals surface area contributed by atoms with Crippen molar-refractivity contribution < 1.29 is 14.3 Å². The van der Waals surface area contributed by atoms with E-state index < -0.39 is 11.9 Å². The lowest BCUT2D eigenvalue weighted by Crippen LogP contribution is -2.08. The molecule has 0 amide bonds. The Morgan fingerprint density at radius 3 is 2.44 bits per heavy atom. The topological polar surface area (TPSA) is 43.4 Å². The Hall–Kier alpha value is -0.510. The van der Waals surface area contributed by atoms with Crippen LogP contribution in [0.15, 0.2) is 0 Å². The van der Waals surface area contributed by atoms with Gasteiger partial charge in [-0.3, -0.25) is 9.59 Å². The van der Waals surface area contributed by atoms with E-state index in [1.54, 1.807) is 0 Å². The van der Waals surface area contributed by atoms with Crippen LogP contribution in [0.25, 0.3) is 0 Å². The fourth-order valence-corrected chi connectivity index (χ4v) is 0.485. The molecule has 0 aromatic carbocycles. The predicted octanol–water partition coefficient (Wildman–Crippen LogP) is 0.396. The lowest BCUT2D eigenvalue weighted by atomic mass is 10.5. The largest absolute Gasteiger partial charge is 0.393 e. The van der Waals surface area contributed by atoms with Gasteiger partial charge in [-0.05, 0) is 0 Å². The van der Waals surface area contributed by atoms with Crippen LogP contribution >= 0.6 is 12.6 Å². The molecule has 0 atom stereocenters. The molecule has 0 saturated heterocycles. The van der Waals surface area contributed by atoms with Gasteiger partial charge in [0.15, 0.2) is 0 Å². The quantitative estimate of drug-likeness (QED) is 0.350. The molecule has 0 unspecified atom stereocenters. The standard InChI is InChI=1S/C5H8O3S/c1-4(6)8-5(7)2-3-9/h9H,2-3H2,1H3. The molecular weight excluding hydrogens is 140 g/mol. The SMILES string of the molecule is CC(=O)OC(=O)CCS. The van der Waals surface area contributed by atoms with Crippen LogP contribution in [-0.4, -0.2) is 17.7 Å². The number of thiol groups is 1. The summed E-state index contributed by atoms with van der Waals surface area (Å²) in [6, 6.07) is 0. The van der Waals surface area contributed by atoms with Crippen molar-refractivity contribution in [1.82, 2.24) is 0 Å². The molecule has 52 valence electrons. The average molecular weight is 148 g/mol. The minimum absolute atomic E-state index is 0.183. The van der Waals surface area contributed by atoms with Crippen LogP contribution in [-0.2, 0) is 14.3 Å². The van der Waals surface area contributed by atoms with Crippen LogP contribution in [0.2, 0.25) is 0 Å². The van der Waals surface area contributed by atoms with Gasteiger partial charge >= 0.3 is 11.9 Å². The average Bonchev–Trinajstić information content (AvgIpc) is 1.63. The molecule has 0 saturated carbocycles. The van der Waals surface area contributed by atoms with E-state index in [1.165, 1.54) is 6.92 Å². The Kier molecular flexibility index (Phi) is 4.13. The molecule has 0 aromatic heterocycles. The second kappa shape index (κ2) is 4.38. The first-order valence-electron chi connectivity index (χ1n) is 2.49. The third-order valence-corrected chi connectivity index (χ3v) is 0.797. The molecule has 0 fully saturated rings. The van der Waals surface area contributed by atoms with Crippen LogP contribution < -0.4 is 0 Å². The molecule has 0 aliphatic carbocycles. The summed E-state index contributed by atoms with van der Waals surface area (Å²) in [6.45, 7) is 1.19. The molecular formula is C5H8O3S. The van der Waals surface area contributed by atoms with E-state index in [0.29, 0.717) is 5.75 Å². The highest BCUT2D eigenvalue weighted by atomic mass is 32.1. The smallest absolute Gasteiger partial charge is 0.314 e. The van der Waals surface area contributed by atoms with Crippen molar-refractivity contribution in [2.24, 2.45) is 0 Å². The van der Waals surface area contributed by atoms with E-state index in [9.17, 15) is 9.59 Å². The second-order valence-electron chi connectivity index (χ2n) is 1.44. The maximum absolute atomic E-state index is 10.4. The lowest BCUT2D eigenvalue weighted by molar-refractivity contribution is -0.157. The van der Waals surface area contributed by atoms with E-state index in [-0.39, 0.29) is 6.42 Å². The number of esters is 2. The monoisotopic (exact) mass is 148 g/mol. The molecule has 0 aliphatic rings. The van der Waals surface area contributed by atoms with Crippen LogP contribution in [0.4, 0.5) is 0 Å². The number of ether oxygens (including phenoxy) is 1. The van der Waals surface area contributed by atoms with E-state index in [1.807, 2.05) is 0 Å². The highest BCUT2D eigenvalue weighted by Gasteiger charge is 2.02. The minimum Gasteiger partial charge on any atom is -0.393 e. The van der Waals surface area contributed by atoms with E-state index >= 15 is 0 Å². The zero-order valence-electron chi connectivity index (χ0n) is 5.09. The van der Waals surface area contributed by atoms with Crippen molar-refractivity contribution in [3.8, 4) is 0 Å². The third kappa shape index (κ3) is 5.36. The molecule has 0 heterocycles.